The highest BCUT2D eigenvalue weighted by Gasteiger charge is 2.44. The molecule has 2 aromatic carbocycles. The van der Waals surface area contributed by atoms with E-state index in [0.717, 1.165) is 27.7 Å². The van der Waals surface area contributed by atoms with E-state index in [4.69, 9.17) is 25.8 Å². The summed E-state index contributed by atoms with van der Waals surface area (Å²) < 4.78 is 16.5. The highest BCUT2D eigenvalue weighted by Crippen LogP contribution is 2.43. The fourth-order valence-electron chi connectivity index (χ4n) is 4.54. The Balaban J connectivity index is 1.94. The van der Waals surface area contributed by atoms with Gasteiger partial charge < -0.3 is 24.1 Å². The van der Waals surface area contributed by atoms with Crippen LogP contribution in [0.3, 0.4) is 0 Å². The summed E-state index contributed by atoms with van der Waals surface area (Å²) in [6.45, 7) is 3.88. The standard InChI is InChI=1S/C25H27ClN2O5/c1-14(2)33-20-10-9-15(11-21(20)31-3)24-23-17(16-7-5-6-8-18(16)27-23)12-19(25(30)32-4)28(24)22(29)13-26/h5-11,14,19,24,27H,12-13H2,1-4H3/t19-,24-/m0/s1. The third-order valence-corrected chi connectivity index (χ3v) is 6.10. The Hall–Kier alpha value is -3.19. The lowest BCUT2D eigenvalue weighted by Crippen LogP contribution is -2.52. The molecule has 0 aliphatic carbocycles. The van der Waals surface area contributed by atoms with Gasteiger partial charge in [0.1, 0.15) is 11.9 Å². The lowest BCUT2D eigenvalue weighted by Gasteiger charge is -2.40. The number of alkyl halides is 1. The summed E-state index contributed by atoms with van der Waals surface area (Å²) in [6.07, 6.45) is 0.300. The van der Waals surface area contributed by atoms with Gasteiger partial charge >= 0.3 is 5.97 Å². The van der Waals surface area contributed by atoms with Crippen LogP contribution in [-0.4, -0.2) is 54.0 Å². The van der Waals surface area contributed by atoms with Crippen molar-refractivity contribution in [3.8, 4) is 11.5 Å². The van der Waals surface area contributed by atoms with Crippen LogP contribution in [0.5, 0.6) is 11.5 Å². The van der Waals surface area contributed by atoms with E-state index in [2.05, 4.69) is 4.98 Å². The van der Waals surface area contributed by atoms with E-state index >= 15 is 0 Å². The van der Waals surface area contributed by atoms with Crippen molar-refractivity contribution in [2.24, 2.45) is 0 Å². The molecule has 3 aromatic rings. The number of H-pyrrole nitrogens is 1. The fourth-order valence-corrected chi connectivity index (χ4v) is 4.68. The smallest absolute Gasteiger partial charge is 0.328 e. The fraction of sp³-hybridized carbons (Fsp3) is 0.360. The Kier molecular flexibility index (Phi) is 6.51. The van der Waals surface area contributed by atoms with Crippen molar-refractivity contribution in [1.82, 2.24) is 9.88 Å². The first-order chi connectivity index (χ1) is 15.9. The minimum atomic E-state index is -0.810. The maximum Gasteiger partial charge on any atom is 0.328 e. The van der Waals surface area contributed by atoms with Gasteiger partial charge in [-0.3, -0.25) is 4.79 Å². The molecule has 1 aromatic heterocycles. The van der Waals surface area contributed by atoms with Crippen LogP contribution in [0.1, 0.15) is 36.7 Å². The summed E-state index contributed by atoms with van der Waals surface area (Å²) in [7, 11) is 2.90. The molecule has 0 unspecified atom stereocenters. The third kappa shape index (κ3) is 4.13. The van der Waals surface area contributed by atoms with E-state index in [-0.39, 0.29) is 17.9 Å². The molecule has 2 atom stereocenters. The lowest BCUT2D eigenvalue weighted by molar-refractivity contribution is -0.154. The lowest BCUT2D eigenvalue weighted by atomic mass is 9.87. The third-order valence-electron chi connectivity index (χ3n) is 5.87. The number of carbonyl (C=O) groups excluding carboxylic acids is 2. The molecule has 0 bridgehead atoms. The zero-order chi connectivity index (χ0) is 23.7. The Morgan fingerprint density at radius 2 is 1.91 bits per heavy atom. The molecule has 0 saturated carbocycles. The summed E-state index contributed by atoms with van der Waals surface area (Å²) >= 11 is 6.00. The summed E-state index contributed by atoms with van der Waals surface area (Å²) in [5, 5.41) is 1.01. The number of methoxy groups -OCH3 is 2. The molecule has 4 rings (SSSR count). The van der Waals surface area contributed by atoms with Gasteiger partial charge in [-0.1, -0.05) is 24.3 Å². The Morgan fingerprint density at radius 1 is 1.15 bits per heavy atom. The second-order valence-electron chi connectivity index (χ2n) is 8.22. The monoisotopic (exact) mass is 470 g/mol. The number of hydrogen-bond acceptors (Lipinski definition) is 5. The molecular formula is C25H27ClN2O5. The van der Waals surface area contributed by atoms with Gasteiger partial charge in [0.15, 0.2) is 11.5 Å². The second kappa shape index (κ2) is 9.35. The summed E-state index contributed by atoms with van der Waals surface area (Å²) in [5.74, 6) is 0.0376. The van der Waals surface area contributed by atoms with Gasteiger partial charge in [-0.05, 0) is 43.2 Å². The number of hydrogen-bond donors (Lipinski definition) is 1. The number of rotatable bonds is 6. The van der Waals surface area contributed by atoms with E-state index in [1.165, 1.54) is 12.0 Å². The van der Waals surface area contributed by atoms with Crippen LogP contribution in [0, 0.1) is 0 Å². The summed E-state index contributed by atoms with van der Waals surface area (Å²) in [5.41, 5.74) is 3.52. The normalized spacial score (nSPS) is 17.7. The maximum absolute atomic E-state index is 13.1. The highest BCUT2D eigenvalue weighted by molar-refractivity contribution is 6.27. The Labute approximate surface area is 197 Å². The topological polar surface area (TPSA) is 80.9 Å². The van der Waals surface area contributed by atoms with Crippen molar-refractivity contribution in [2.75, 3.05) is 20.1 Å². The molecule has 1 aliphatic heterocycles. The van der Waals surface area contributed by atoms with Gasteiger partial charge in [-0.2, -0.15) is 0 Å². The first kappa shape index (κ1) is 23.0. The van der Waals surface area contributed by atoms with Crippen LogP contribution in [0.4, 0.5) is 0 Å². The molecule has 0 fully saturated rings. The largest absolute Gasteiger partial charge is 0.493 e. The van der Waals surface area contributed by atoms with Crippen LogP contribution < -0.4 is 9.47 Å². The predicted octanol–water partition coefficient (Wildman–Crippen LogP) is 4.22. The summed E-state index contributed by atoms with van der Waals surface area (Å²) in [4.78, 5) is 30.9. The molecule has 7 nitrogen and oxygen atoms in total. The number of nitrogens with one attached hydrogen (secondary N) is 1. The van der Waals surface area contributed by atoms with E-state index in [1.807, 2.05) is 56.3 Å². The molecule has 0 radical (unpaired) electrons. The SMILES string of the molecule is COC(=O)[C@@H]1Cc2c([nH]c3ccccc23)[C@H](c2ccc(OC(C)C)c(OC)c2)N1C(=O)CCl. The molecule has 1 aliphatic rings. The van der Waals surface area contributed by atoms with Gasteiger partial charge in [-0.15, -0.1) is 11.6 Å². The zero-order valence-corrected chi connectivity index (χ0v) is 19.8. The van der Waals surface area contributed by atoms with Crippen LogP contribution >= 0.6 is 11.6 Å². The minimum Gasteiger partial charge on any atom is -0.493 e. The number of ether oxygens (including phenoxy) is 3. The van der Waals surface area contributed by atoms with E-state index in [1.54, 1.807) is 7.11 Å². The first-order valence-electron chi connectivity index (χ1n) is 10.8. The van der Waals surface area contributed by atoms with E-state index < -0.39 is 18.1 Å². The van der Waals surface area contributed by atoms with E-state index in [9.17, 15) is 9.59 Å². The second-order valence-corrected chi connectivity index (χ2v) is 8.49. The van der Waals surface area contributed by atoms with E-state index in [0.29, 0.717) is 17.9 Å². The van der Waals surface area contributed by atoms with Gasteiger partial charge in [0, 0.05) is 23.0 Å². The molecule has 1 amide bonds. The van der Waals surface area contributed by atoms with Crippen molar-refractivity contribution in [2.45, 2.75) is 38.5 Å². The summed E-state index contributed by atoms with van der Waals surface area (Å²) in [6, 6.07) is 12.0. The molecule has 174 valence electrons. The van der Waals surface area contributed by atoms with Crippen molar-refractivity contribution in [1.29, 1.82) is 0 Å². The molecular weight excluding hydrogens is 444 g/mol. The number of benzene rings is 2. The molecule has 33 heavy (non-hydrogen) atoms. The number of carbonyl (C=O) groups is 2. The van der Waals surface area contributed by atoms with Gasteiger partial charge in [0.2, 0.25) is 5.91 Å². The number of aromatic amines is 1. The minimum absolute atomic E-state index is 0.0298. The van der Waals surface area contributed by atoms with Gasteiger partial charge in [-0.25, -0.2) is 4.79 Å². The zero-order valence-electron chi connectivity index (χ0n) is 19.1. The molecule has 8 heteroatoms. The number of aromatic nitrogens is 1. The number of halogens is 1. The van der Waals surface area contributed by atoms with Crippen LogP contribution in [0.25, 0.3) is 10.9 Å². The van der Waals surface area contributed by atoms with Gasteiger partial charge in [0.25, 0.3) is 0 Å². The average Bonchev–Trinajstić information content (AvgIpc) is 3.20. The molecule has 0 saturated heterocycles. The van der Waals surface area contributed by atoms with Crippen molar-refractivity contribution in [3.63, 3.8) is 0 Å². The maximum atomic E-state index is 13.1. The number of para-hydroxylation sites is 1. The first-order valence-corrected chi connectivity index (χ1v) is 11.3. The Bertz CT molecular complexity index is 1190. The molecule has 1 N–H and O–H groups in total. The van der Waals surface area contributed by atoms with Crippen LogP contribution in [-0.2, 0) is 20.7 Å². The number of fused-ring (bicyclic) bond motifs is 3. The van der Waals surface area contributed by atoms with Gasteiger partial charge in [0.05, 0.1) is 26.4 Å². The quantitative estimate of drug-likeness (QED) is 0.431. The average molecular weight is 471 g/mol. The van der Waals surface area contributed by atoms with Crippen molar-refractivity contribution < 1.29 is 23.8 Å². The van der Waals surface area contributed by atoms with Crippen LogP contribution in [0.15, 0.2) is 42.5 Å². The Morgan fingerprint density at radius 3 is 2.58 bits per heavy atom. The van der Waals surface area contributed by atoms with Crippen molar-refractivity contribution in [3.05, 3.63) is 59.3 Å². The molecule has 0 spiro atoms. The number of nitrogens with zero attached hydrogens (tertiary/aromatic N) is 1. The molecule has 2 heterocycles. The highest BCUT2D eigenvalue weighted by atomic mass is 35.5. The number of esters is 1. The predicted molar refractivity (Wildman–Crippen MR) is 126 cm³/mol. The number of amides is 1. The van der Waals surface area contributed by atoms with Crippen LogP contribution in [0.2, 0.25) is 0 Å². The van der Waals surface area contributed by atoms with Crippen molar-refractivity contribution >= 4 is 34.4 Å².